The van der Waals surface area contributed by atoms with Crippen LogP contribution in [-0.2, 0) is 0 Å². The van der Waals surface area contributed by atoms with Gasteiger partial charge in [0.05, 0.1) is 0 Å². The van der Waals surface area contributed by atoms with Gasteiger partial charge in [-0.1, -0.05) is 23.8 Å². The van der Waals surface area contributed by atoms with Crippen molar-refractivity contribution in [3.63, 3.8) is 0 Å². The second-order valence-corrected chi connectivity index (χ2v) is 6.64. The first-order chi connectivity index (χ1) is 9.75. The summed E-state index contributed by atoms with van der Waals surface area (Å²) in [6.45, 7) is 9.50. The summed E-state index contributed by atoms with van der Waals surface area (Å²) >= 11 is 0. The monoisotopic (exact) mass is 272 g/mol. The van der Waals surface area contributed by atoms with Crippen LogP contribution in [0.3, 0.4) is 0 Å². The molecule has 2 fully saturated rings. The molecular formula is C18H28N2. The van der Waals surface area contributed by atoms with Crippen LogP contribution in [0.25, 0.3) is 0 Å². The molecule has 1 aromatic rings. The molecule has 2 saturated heterocycles. The van der Waals surface area contributed by atoms with E-state index in [1.807, 2.05) is 0 Å². The van der Waals surface area contributed by atoms with E-state index in [0.717, 1.165) is 5.92 Å². The number of aryl methyl sites for hydroxylation is 2. The quantitative estimate of drug-likeness (QED) is 0.907. The van der Waals surface area contributed by atoms with Gasteiger partial charge in [0.15, 0.2) is 0 Å². The smallest absolute Gasteiger partial charge is 0.0379 e. The molecule has 110 valence electrons. The van der Waals surface area contributed by atoms with Crippen molar-refractivity contribution < 1.29 is 0 Å². The van der Waals surface area contributed by atoms with Crippen molar-refractivity contribution in [3.05, 3.63) is 34.9 Å². The van der Waals surface area contributed by atoms with Crippen LogP contribution in [-0.4, -0.2) is 31.1 Å². The Morgan fingerprint density at radius 2 is 1.80 bits per heavy atom. The summed E-state index contributed by atoms with van der Waals surface area (Å²) in [5.74, 6) is 0.829. The molecule has 2 heteroatoms. The van der Waals surface area contributed by atoms with Crippen LogP contribution in [0.4, 0.5) is 0 Å². The lowest BCUT2D eigenvalue weighted by Crippen LogP contribution is -2.38. The van der Waals surface area contributed by atoms with Gasteiger partial charge in [0.25, 0.3) is 0 Å². The van der Waals surface area contributed by atoms with Crippen molar-refractivity contribution in [2.75, 3.05) is 26.2 Å². The molecule has 0 bridgehead atoms. The molecule has 0 aliphatic carbocycles. The fourth-order valence-electron chi connectivity index (χ4n) is 4.01. The molecule has 2 heterocycles. The highest BCUT2D eigenvalue weighted by atomic mass is 15.2. The lowest BCUT2D eigenvalue weighted by molar-refractivity contribution is 0.147. The lowest BCUT2D eigenvalue weighted by Gasteiger charge is -2.38. The van der Waals surface area contributed by atoms with Crippen molar-refractivity contribution in [2.45, 2.75) is 45.6 Å². The van der Waals surface area contributed by atoms with E-state index in [2.05, 4.69) is 42.3 Å². The highest BCUT2D eigenvalue weighted by Gasteiger charge is 2.32. The first-order valence-electron chi connectivity index (χ1n) is 8.27. The molecule has 1 atom stereocenters. The minimum atomic E-state index is 0.652. The van der Waals surface area contributed by atoms with Crippen LogP contribution in [0.1, 0.15) is 48.4 Å². The van der Waals surface area contributed by atoms with Crippen LogP contribution >= 0.6 is 0 Å². The average Bonchev–Trinajstić information content (AvgIpc) is 2.98. The highest BCUT2D eigenvalue weighted by Crippen LogP contribution is 2.37. The number of nitrogens with zero attached hydrogens (tertiary/aromatic N) is 1. The molecule has 20 heavy (non-hydrogen) atoms. The molecular weight excluding hydrogens is 244 g/mol. The van der Waals surface area contributed by atoms with E-state index < -0.39 is 0 Å². The highest BCUT2D eigenvalue weighted by molar-refractivity contribution is 5.33. The minimum absolute atomic E-state index is 0.652. The third-order valence-electron chi connectivity index (χ3n) is 5.12. The second kappa shape index (κ2) is 6.28. The molecule has 2 aliphatic rings. The van der Waals surface area contributed by atoms with Crippen molar-refractivity contribution in [1.82, 2.24) is 10.2 Å². The zero-order valence-electron chi connectivity index (χ0n) is 13.0. The predicted molar refractivity (Wildman–Crippen MR) is 85.1 cm³/mol. The maximum atomic E-state index is 3.52. The topological polar surface area (TPSA) is 15.3 Å². The summed E-state index contributed by atoms with van der Waals surface area (Å²) in [7, 11) is 0. The van der Waals surface area contributed by atoms with E-state index in [-0.39, 0.29) is 0 Å². The van der Waals surface area contributed by atoms with Gasteiger partial charge in [0, 0.05) is 6.04 Å². The van der Waals surface area contributed by atoms with Crippen molar-refractivity contribution in [2.24, 2.45) is 5.92 Å². The zero-order valence-corrected chi connectivity index (χ0v) is 13.0. The number of hydrogen-bond donors (Lipinski definition) is 1. The summed E-state index contributed by atoms with van der Waals surface area (Å²) in [5, 5.41) is 3.52. The largest absolute Gasteiger partial charge is 0.317 e. The van der Waals surface area contributed by atoms with Gasteiger partial charge in [0.2, 0.25) is 0 Å². The Balaban J connectivity index is 1.92. The molecule has 0 amide bonds. The van der Waals surface area contributed by atoms with Gasteiger partial charge >= 0.3 is 0 Å². The summed E-state index contributed by atoms with van der Waals surface area (Å²) < 4.78 is 0. The molecule has 0 saturated carbocycles. The first-order valence-corrected chi connectivity index (χ1v) is 8.27. The van der Waals surface area contributed by atoms with Gasteiger partial charge < -0.3 is 5.32 Å². The Labute approximate surface area is 123 Å². The number of rotatable bonds is 3. The van der Waals surface area contributed by atoms with Crippen LogP contribution < -0.4 is 5.32 Å². The molecule has 0 radical (unpaired) electrons. The maximum Gasteiger partial charge on any atom is 0.0379 e. The van der Waals surface area contributed by atoms with Gasteiger partial charge in [-0.05, 0) is 82.8 Å². The van der Waals surface area contributed by atoms with Gasteiger partial charge in [0.1, 0.15) is 0 Å². The Morgan fingerprint density at radius 1 is 1.10 bits per heavy atom. The number of hydrogen-bond acceptors (Lipinski definition) is 2. The first kappa shape index (κ1) is 14.1. The normalized spacial score (nSPS) is 23.1. The van der Waals surface area contributed by atoms with E-state index >= 15 is 0 Å². The Kier molecular flexibility index (Phi) is 4.42. The van der Waals surface area contributed by atoms with Crippen molar-refractivity contribution >= 4 is 0 Å². The molecule has 0 aromatic heterocycles. The SMILES string of the molecule is Cc1ccc(C)c(C(C2CCNCC2)N2CCCC2)c1. The van der Waals surface area contributed by atoms with E-state index in [1.54, 1.807) is 5.56 Å². The van der Waals surface area contributed by atoms with E-state index in [0.29, 0.717) is 6.04 Å². The van der Waals surface area contributed by atoms with Crippen LogP contribution in [0.5, 0.6) is 0 Å². The minimum Gasteiger partial charge on any atom is -0.317 e. The Bertz CT molecular complexity index is 443. The standard InChI is InChI=1S/C18H28N2/c1-14-5-6-15(2)17(13-14)18(20-11-3-4-12-20)16-7-9-19-10-8-16/h5-6,13,16,18-19H,3-4,7-12H2,1-2H3. The molecule has 1 N–H and O–H groups in total. The third kappa shape index (κ3) is 2.91. The molecule has 1 aromatic carbocycles. The van der Waals surface area contributed by atoms with E-state index in [1.165, 1.54) is 63.0 Å². The lowest BCUT2D eigenvalue weighted by atomic mass is 9.83. The summed E-state index contributed by atoms with van der Waals surface area (Å²) in [6.07, 6.45) is 5.42. The van der Waals surface area contributed by atoms with Gasteiger partial charge in [-0.25, -0.2) is 0 Å². The van der Waals surface area contributed by atoms with Crippen molar-refractivity contribution in [3.8, 4) is 0 Å². The third-order valence-corrected chi connectivity index (χ3v) is 5.12. The Morgan fingerprint density at radius 3 is 2.50 bits per heavy atom. The second-order valence-electron chi connectivity index (χ2n) is 6.64. The molecule has 1 unspecified atom stereocenters. The predicted octanol–water partition coefficient (Wildman–Crippen LogP) is 3.44. The van der Waals surface area contributed by atoms with Gasteiger partial charge in [-0.3, -0.25) is 4.90 Å². The number of benzene rings is 1. The van der Waals surface area contributed by atoms with E-state index in [9.17, 15) is 0 Å². The maximum absolute atomic E-state index is 3.52. The fraction of sp³-hybridized carbons (Fsp3) is 0.667. The summed E-state index contributed by atoms with van der Waals surface area (Å²) in [5.41, 5.74) is 4.48. The molecule has 0 spiro atoms. The molecule has 2 nitrogen and oxygen atoms in total. The van der Waals surface area contributed by atoms with Gasteiger partial charge in [-0.2, -0.15) is 0 Å². The molecule has 3 rings (SSSR count). The van der Waals surface area contributed by atoms with Crippen LogP contribution in [0, 0.1) is 19.8 Å². The zero-order chi connectivity index (χ0) is 13.9. The number of nitrogens with one attached hydrogen (secondary N) is 1. The average molecular weight is 272 g/mol. The van der Waals surface area contributed by atoms with Crippen molar-refractivity contribution in [1.29, 1.82) is 0 Å². The van der Waals surface area contributed by atoms with E-state index in [4.69, 9.17) is 0 Å². The summed E-state index contributed by atoms with van der Waals surface area (Å²) in [4.78, 5) is 2.76. The fourth-order valence-corrected chi connectivity index (χ4v) is 4.01. The molecule has 2 aliphatic heterocycles. The summed E-state index contributed by atoms with van der Waals surface area (Å²) in [6, 6.07) is 7.66. The van der Waals surface area contributed by atoms with Gasteiger partial charge in [-0.15, -0.1) is 0 Å². The van der Waals surface area contributed by atoms with Crippen LogP contribution in [0.2, 0.25) is 0 Å². The number of likely N-dealkylation sites (tertiary alicyclic amines) is 1. The Hall–Kier alpha value is -0.860. The number of piperidine rings is 1. The van der Waals surface area contributed by atoms with Crippen LogP contribution in [0.15, 0.2) is 18.2 Å².